The van der Waals surface area contributed by atoms with Gasteiger partial charge in [-0.05, 0) is 25.0 Å². The van der Waals surface area contributed by atoms with Gasteiger partial charge in [0.15, 0.2) is 5.82 Å². The Morgan fingerprint density at radius 3 is 2.34 bits per heavy atom. The maximum atomic E-state index is 14.4. The van der Waals surface area contributed by atoms with E-state index in [9.17, 15) is 13.6 Å². The molecule has 16 heteroatoms. The van der Waals surface area contributed by atoms with Gasteiger partial charge in [-0.15, -0.1) is 0 Å². The van der Waals surface area contributed by atoms with Gasteiger partial charge in [-0.25, -0.2) is 13.8 Å². The molecule has 44 heavy (non-hydrogen) atoms. The van der Waals surface area contributed by atoms with Gasteiger partial charge < -0.3 is 29.5 Å². The van der Waals surface area contributed by atoms with Crippen LogP contribution in [0.2, 0.25) is 0 Å². The van der Waals surface area contributed by atoms with Crippen molar-refractivity contribution in [1.29, 1.82) is 0 Å². The van der Waals surface area contributed by atoms with Crippen LogP contribution in [-0.2, 0) is 9.53 Å². The van der Waals surface area contributed by atoms with E-state index < -0.39 is 12.2 Å². The van der Waals surface area contributed by atoms with Gasteiger partial charge in [-0.2, -0.15) is 15.0 Å². The van der Waals surface area contributed by atoms with E-state index in [1.54, 1.807) is 18.2 Å². The van der Waals surface area contributed by atoms with E-state index in [1.165, 1.54) is 36.3 Å². The molecule has 1 amide bonds. The van der Waals surface area contributed by atoms with Gasteiger partial charge in [0.05, 0.1) is 31.6 Å². The Hall–Kier alpha value is -3.37. The first-order valence-corrected chi connectivity index (χ1v) is 16.2. The minimum atomic E-state index is -2.87. The highest BCUT2D eigenvalue weighted by Gasteiger charge is 2.28. The Morgan fingerprint density at radius 1 is 1.02 bits per heavy atom. The number of hydrogen-bond acceptors (Lipinski definition) is 11. The summed E-state index contributed by atoms with van der Waals surface area (Å²) in [5.74, 6) is 1.06. The lowest BCUT2D eigenvalue weighted by Gasteiger charge is -2.36. The third-order valence-electron chi connectivity index (χ3n) is 8.05. The molecule has 6 rings (SSSR count). The number of halogens is 2. The van der Waals surface area contributed by atoms with Crippen molar-refractivity contribution in [3.63, 3.8) is 0 Å². The predicted molar refractivity (Wildman–Crippen MR) is 168 cm³/mol. The molecule has 2 saturated heterocycles. The summed E-state index contributed by atoms with van der Waals surface area (Å²) in [4.78, 5) is 36.8. The lowest BCUT2D eigenvalue weighted by molar-refractivity contribution is -0.119. The maximum absolute atomic E-state index is 14.4. The van der Waals surface area contributed by atoms with Crippen molar-refractivity contribution in [2.75, 3.05) is 75.1 Å². The van der Waals surface area contributed by atoms with Gasteiger partial charge in [0.1, 0.15) is 15.6 Å². The van der Waals surface area contributed by atoms with Crippen molar-refractivity contribution in [2.24, 2.45) is 0 Å². The highest BCUT2D eigenvalue weighted by molar-refractivity contribution is 8.23. The molecule has 2 aliphatic heterocycles. The van der Waals surface area contributed by atoms with E-state index in [1.807, 2.05) is 9.80 Å². The molecule has 1 aliphatic carbocycles. The van der Waals surface area contributed by atoms with Crippen LogP contribution in [0.1, 0.15) is 37.9 Å². The number of fused-ring (bicyclic) bond motifs is 1. The van der Waals surface area contributed by atoms with Gasteiger partial charge in [0.2, 0.25) is 23.8 Å². The second-order valence-electron chi connectivity index (χ2n) is 10.8. The average Bonchev–Trinajstić information content (AvgIpc) is 3.72. The number of imidazole rings is 1. The molecule has 2 aromatic heterocycles. The predicted octanol–water partition coefficient (Wildman–Crippen LogP) is 3.19. The SMILES string of the molecule is COc1cccc2c1nc(C(F)F)n2-c1nc(N2CCOCC2)nc(N2CCN(C(=S)SCC(=O)NC3CCCC3)CC2)n1. The molecule has 0 bridgehead atoms. The smallest absolute Gasteiger partial charge is 0.296 e. The molecule has 0 radical (unpaired) electrons. The first-order chi connectivity index (χ1) is 21.4. The number of aromatic nitrogens is 5. The number of methoxy groups -OCH3 is 1. The lowest BCUT2D eigenvalue weighted by atomic mass is 10.2. The number of alkyl halides is 2. The third-order valence-corrected chi connectivity index (χ3v) is 9.57. The van der Waals surface area contributed by atoms with Crippen LogP contribution in [0.4, 0.5) is 20.7 Å². The normalized spacial score (nSPS) is 18.0. The number of amides is 1. The van der Waals surface area contributed by atoms with Crippen LogP contribution in [0.3, 0.4) is 0 Å². The fraction of sp³-hybridized carbons (Fsp3) is 0.571. The molecule has 3 aromatic rings. The minimum absolute atomic E-state index is 0.0176. The number of thioether (sulfide) groups is 1. The van der Waals surface area contributed by atoms with Crippen LogP contribution >= 0.6 is 24.0 Å². The molecule has 1 N–H and O–H groups in total. The van der Waals surface area contributed by atoms with Crippen LogP contribution in [0.5, 0.6) is 5.75 Å². The number of ether oxygens (including phenoxy) is 2. The number of carbonyl (C=O) groups is 1. The zero-order chi connectivity index (χ0) is 30.6. The first kappa shape index (κ1) is 30.6. The van der Waals surface area contributed by atoms with Gasteiger partial charge in [0.25, 0.3) is 6.43 Å². The minimum Gasteiger partial charge on any atom is -0.494 e. The van der Waals surface area contributed by atoms with Crippen LogP contribution in [0, 0.1) is 0 Å². The van der Waals surface area contributed by atoms with Crippen molar-refractivity contribution < 1.29 is 23.0 Å². The van der Waals surface area contributed by atoms with Crippen molar-refractivity contribution in [1.82, 2.24) is 34.7 Å². The van der Waals surface area contributed by atoms with Gasteiger partial charge in [-0.1, -0.05) is 42.9 Å². The van der Waals surface area contributed by atoms with Crippen LogP contribution < -0.4 is 19.9 Å². The number of nitrogens with one attached hydrogen (secondary N) is 1. The van der Waals surface area contributed by atoms with Crippen LogP contribution in [-0.4, -0.2) is 111 Å². The van der Waals surface area contributed by atoms with Crippen molar-refractivity contribution in [2.45, 2.75) is 38.2 Å². The standard InChI is InChI=1S/C28H35F2N9O3S2/c1-41-20-8-4-7-19-22(20)32-24(23(29)30)39(19)27-34-25(33-26(35-27)37-13-15-42-16-14-37)36-9-11-38(12-10-36)28(43)44-17-21(40)31-18-5-2-3-6-18/h4,7-8,18,23H,2-3,5-6,9-17H2,1H3,(H,31,40). The molecular formula is C28H35F2N9O3S2. The van der Waals surface area contributed by atoms with E-state index in [-0.39, 0.29) is 17.9 Å². The molecule has 1 aromatic carbocycles. The average molecular weight is 648 g/mol. The Balaban J connectivity index is 1.23. The summed E-state index contributed by atoms with van der Waals surface area (Å²) in [7, 11) is 1.47. The quantitative estimate of drug-likeness (QED) is 0.363. The Labute approximate surface area is 263 Å². The Bertz CT molecular complexity index is 1490. The van der Waals surface area contributed by atoms with Crippen molar-refractivity contribution >= 4 is 57.1 Å². The number of benzene rings is 1. The van der Waals surface area contributed by atoms with E-state index >= 15 is 0 Å². The summed E-state index contributed by atoms with van der Waals surface area (Å²) < 4.78 is 41.6. The zero-order valence-electron chi connectivity index (χ0n) is 24.5. The molecule has 0 spiro atoms. The summed E-state index contributed by atoms with van der Waals surface area (Å²) in [5, 5.41) is 3.10. The van der Waals surface area contributed by atoms with E-state index in [2.05, 4.69) is 20.2 Å². The van der Waals surface area contributed by atoms with Crippen molar-refractivity contribution in [3.8, 4) is 11.7 Å². The fourth-order valence-corrected chi connectivity index (χ4v) is 6.81. The lowest BCUT2D eigenvalue weighted by Crippen LogP contribution is -2.48. The first-order valence-electron chi connectivity index (χ1n) is 14.8. The van der Waals surface area contributed by atoms with E-state index in [4.69, 9.17) is 31.7 Å². The Kier molecular flexibility index (Phi) is 9.56. The molecule has 4 heterocycles. The topological polar surface area (TPSA) is 114 Å². The number of carbonyl (C=O) groups excluding carboxylic acids is 1. The molecular weight excluding hydrogens is 612 g/mol. The Morgan fingerprint density at radius 2 is 1.68 bits per heavy atom. The molecule has 0 atom stereocenters. The van der Waals surface area contributed by atoms with Gasteiger partial charge in [0, 0.05) is 45.3 Å². The van der Waals surface area contributed by atoms with Crippen LogP contribution in [0.15, 0.2) is 18.2 Å². The fourth-order valence-electron chi connectivity index (χ4n) is 5.75. The van der Waals surface area contributed by atoms with Crippen molar-refractivity contribution in [3.05, 3.63) is 24.0 Å². The number of piperazine rings is 1. The summed E-state index contributed by atoms with van der Waals surface area (Å²) >= 11 is 7.03. The summed E-state index contributed by atoms with van der Waals surface area (Å²) in [6.45, 7) is 4.48. The second kappa shape index (κ2) is 13.7. The summed E-state index contributed by atoms with van der Waals surface area (Å²) in [6, 6.07) is 5.38. The van der Waals surface area contributed by atoms with E-state index in [0.717, 1.165) is 12.8 Å². The maximum Gasteiger partial charge on any atom is 0.296 e. The number of rotatable bonds is 8. The molecule has 1 saturated carbocycles. The highest BCUT2D eigenvalue weighted by atomic mass is 32.2. The monoisotopic (exact) mass is 647 g/mol. The summed E-state index contributed by atoms with van der Waals surface area (Å²) in [5.41, 5.74) is 0.714. The van der Waals surface area contributed by atoms with Gasteiger partial charge in [-0.3, -0.25) is 9.36 Å². The number of para-hydroxylation sites is 1. The molecule has 0 unspecified atom stereocenters. The highest BCUT2D eigenvalue weighted by Crippen LogP contribution is 2.32. The molecule has 3 aliphatic rings. The number of morpholine rings is 1. The largest absolute Gasteiger partial charge is 0.494 e. The molecule has 12 nitrogen and oxygen atoms in total. The van der Waals surface area contributed by atoms with Gasteiger partial charge >= 0.3 is 0 Å². The second-order valence-corrected chi connectivity index (χ2v) is 12.5. The van der Waals surface area contributed by atoms with Crippen LogP contribution in [0.25, 0.3) is 17.0 Å². The number of anilines is 2. The number of nitrogens with zero attached hydrogens (tertiary/aromatic N) is 8. The summed E-state index contributed by atoms with van der Waals surface area (Å²) in [6.07, 6.45) is 1.55. The molecule has 3 fully saturated rings. The number of thiocarbonyl (C=S) groups is 1. The zero-order valence-corrected chi connectivity index (χ0v) is 26.1. The van der Waals surface area contributed by atoms with E-state index in [0.29, 0.717) is 91.2 Å². The molecule has 236 valence electrons. The number of hydrogen-bond donors (Lipinski definition) is 1. The third kappa shape index (κ3) is 6.66.